The maximum Gasteiger partial charge on any atom is 0.123 e. The van der Waals surface area contributed by atoms with Gasteiger partial charge in [-0.25, -0.2) is 0 Å². The molecule has 0 heterocycles. The van der Waals surface area contributed by atoms with Crippen LogP contribution in [0.4, 0.5) is 0 Å². The molecule has 0 saturated heterocycles. The molecule has 0 bridgehead atoms. The van der Waals surface area contributed by atoms with Crippen molar-refractivity contribution < 1.29 is 4.74 Å². The zero-order valence-electron chi connectivity index (χ0n) is 17.4. The maximum absolute atomic E-state index is 6.66. The summed E-state index contributed by atoms with van der Waals surface area (Å²) in [5.41, 5.74) is 4.07. The van der Waals surface area contributed by atoms with Gasteiger partial charge in [0.1, 0.15) is 13.8 Å². The second-order valence-electron chi connectivity index (χ2n) is 8.56. The molecule has 0 saturated carbocycles. The van der Waals surface area contributed by atoms with Gasteiger partial charge in [0.25, 0.3) is 0 Å². The van der Waals surface area contributed by atoms with Crippen LogP contribution in [0.1, 0.15) is 51.3 Å². The van der Waals surface area contributed by atoms with E-state index >= 15 is 0 Å². The third kappa shape index (κ3) is 3.38. The van der Waals surface area contributed by atoms with E-state index in [2.05, 4.69) is 77.1 Å². The quantitative estimate of drug-likeness (QED) is 0.576. The zero-order valence-corrected chi connectivity index (χ0v) is 19.2. The SMILES string of the molecule is CC[Si](CC)(c1cccc2c1C=CC2)c1cc(Cl)cc(C(C)(C)C)c1OC. The number of allylic oxidation sites excluding steroid dienone is 1. The molecule has 3 heteroatoms. The van der Waals surface area contributed by atoms with Gasteiger partial charge in [-0.3, -0.25) is 0 Å². The summed E-state index contributed by atoms with van der Waals surface area (Å²) < 4.78 is 6.07. The fraction of sp³-hybridized carbons (Fsp3) is 0.417. The van der Waals surface area contributed by atoms with Crippen LogP contribution >= 0.6 is 11.6 Å². The molecule has 0 aromatic heterocycles. The Morgan fingerprint density at radius 2 is 1.78 bits per heavy atom. The lowest BCUT2D eigenvalue weighted by Crippen LogP contribution is -2.58. The maximum atomic E-state index is 6.66. The van der Waals surface area contributed by atoms with Crippen molar-refractivity contribution in [3.05, 3.63) is 58.1 Å². The lowest BCUT2D eigenvalue weighted by molar-refractivity contribution is 0.400. The summed E-state index contributed by atoms with van der Waals surface area (Å²) in [6.45, 7) is 11.4. The molecule has 2 aromatic rings. The van der Waals surface area contributed by atoms with Crippen LogP contribution in [-0.2, 0) is 11.8 Å². The zero-order chi connectivity index (χ0) is 19.8. The highest BCUT2D eigenvalue weighted by Crippen LogP contribution is 2.36. The van der Waals surface area contributed by atoms with E-state index in [9.17, 15) is 0 Å². The summed E-state index contributed by atoms with van der Waals surface area (Å²) >= 11 is 6.66. The summed E-state index contributed by atoms with van der Waals surface area (Å²) in [4.78, 5) is 0. The van der Waals surface area contributed by atoms with E-state index in [1.807, 2.05) is 7.11 Å². The number of halogens is 1. The van der Waals surface area contributed by atoms with Crippen molar-refractivity contribution >= 4 is 36.1 Å². The number of hydrogen-bond acceptors (Lipinski definition) is 1. The van der Waals surface area contributed by atoms with Gasteiger partial charge in [-0.2, -0.15) is 0 Å². The number of rotatable bonds is 5. The van der Waals surface area contributed by atoms with Crippen LogP contribution < -0.4 is 15.1 Å². The van der Waals surface area contributed by atoms with Crippen molar-refractivity contribution in [2.75, 3.05) is 7.11 Å². The van der Waals surface area contributed by atoms with Gasteiger partial charge >= 0.3 is 0 Å². The van der Waals surface area contributed by atoms with E-state index < -0.39 is 8.07 Å². The average Bonchev–Trinajstić information content (AvgIpc) is 3.11. The monoisotopic (exact) mass is 398 g/mol. The first-order valence-electron chi connectivity index (χ1n) is 9.96. The largest absolute Gasteiger partial charge is 0.497 e. The lowest BCUT2D eigenvalue weighted by Gasteiger charge is -2.36. The van der Waals surface area contributed by atoms with Crippen LogP contribution in [0.15, 0.2) is 36.4 Å². The minimum atomic E-state index is -2.02. The predicted octanol–water partition coefficient (Wildman–Crippen LogP) is 5.82. The highest BCUT2D eigenvalue weighted by atomic mass is 35.5. The first kappa shape index (κ1) is 20.2. The predicted molar refractivity (Wildman–Crippen MR) is 122 cm³/mol. The molecule has 0 N–H and O–H groups in total. The van der Waals surface area contributed by atoms with Gasteiger partial charge in [0.15, 0.2) is 0 Å². The molecule has 2 aromatic carbocycles. The summed E-state index contributed by atoms with van der Waals surface area (Å²) in [6, 6.07) is 13.4. The van der Waals surface area contributed by atoms with Gasteiger partial charge in [0.05, 0.1) is 7.11 Å². The van der Waals surface area contributed by atoms with Crippen LogP contribution in [-0.4, -0.2) is 15.2 Å². The molecule has 0 amide bonds. The molecule has 0 spiro atoms. The smallest absolute Gasteiger partial charge is 0.123 e. The Balaban J connectivity index is 2.36. The highest BCUT2D eigenvalue weighted by Gasteiger charge is 2.40. The Labute approximate surface area is 170 Å². The minimum absolute atomic E-state index is 0.0227. The fourth-order valence-electron chi connectivity index (χ4n) is 4.59. The number of methoxy groups -OCH3 is 1. The third-order valence-electron chi connectivity index (χ3n) is 6.12. The molecule has 0 fully saturated rings. The van der Waals surface area contributed by atoms with E-state index in [-0.39, 0.29) is 5.41 Å². The standard InChI is InChI=1S/C24H31ClOSi/c1-7-27(8-2,21-14-10-12-17-11-9-13-19(17)21)22-16-18(25)15-20(23(22)26-6)24(3,4)5/h9-10,12-16H,7-8,11H2,1-6H3. The normalized spacial score (nSPS) is 13.7. The van der Waals surface area contributed by atoms with E-state index in [0.717, 1.165) is 29.3 Å². The number of ether oxygens (including phenoxy) is 1. The summed E-state index contributed by atoms with van der Waals surface area (Å²) in [7, 11) is -0.213. The van der Waals surface area contributed by atoms with Crippen LogP contribution in [0, 0.1) is 0 Å². The van der Waals surface area contributed by atoms with Gasteiger partial charge < -0.3 is 4.74 Å². The Morgan fingerprint density at radius 1 is 1.07 bits per heavy atom. The lowest BCUT2D eigenvalue weighted by atomic mass is 9.86. The van der Waals surface area contributed by atoms with Gasteiger partial charge in [-0.05, 0) is 45.5 Å². The Morgan fingerprint density at radius 3 is 2.37 bits per heavy atom. The number of hydrogen-bond donors (Lipinski definition) is 0. The first-order chi connectivity index (χ1) is 12.8. The van der Waals surface area contributed by atoms with Crippen molar-refractivity contribution in [2.24, 2.45) is 0 Å². The molecule has 1 nitrogen and oxygen atoms in total. The fourth-order valence-corrected chi connectivity index (χ4v) is 9.49. The van der Waals surface area contributed by atoms with E-state index in [1.165, 1.54) is 27.1 Å². The second-order valence-corrected chi connectivity index (χ2v) is 13.7. The molecule has 0 radical (unpaired) electrons. The van der Waals surface area contributed by atoms with E-state index in [1.54, 1.807) is 0 Å². The van der Waals surface area contributed by atoms with Crippen LogP contribution in [0.25, 0.3) is 6.08 Å². The van der Waals surface area contributed by atoms with E-state index in [4.69, 9.17) is 16.3 Å². The van der Waals surface area contributed by atoms with Gasteiger partial charge in [-0.15, -0.1) is 0 Å². The van der Waals surface area contributed by atoms with Crippen molar-refractivity contribution in [3.8, 4) is 5.75 Å². The topological polar surface area (TPSA) is 9.23 Å². The first-order valence-corrected chi connectivity index (χ1v) is 12.7. The Bertz CT molecular complexity index is 873. The molecular formula is C24H31ClOSi. The van der Waals surface area contributed by atoms with Crippen LogP contribution in [0.5, 0.6) is 5.75 Å². The molecule has 0 aliphatic heterocycles. The number of benzene rings is 2. The molecule has 0 atom stereocenters. The summed E-state index contributed by atoms with van der Waals surface area (Å²) in [6.07, 6.45) is 5.65. The van der Waals surface area contributed by atoms with Gasteiger partial charge in [-0.1, -0.05) is 88.7 Å². The molecule has 27 heavy (non-hydrogen) atoms. The molecule has 144 valence electrons. The van der Waals surface area contributed by atoms with Gasteiger partial charge in [0, 0.05) is 10.6 Å². The van der Waals surface area contributed by atoms with Crippen molar-refractivity contribution in [2.45, 2.75) is 58.5 Å². The molecule has 1 aliphatic carbocycles. The molecule has 0 unspecified atom stereocenters. The van der Waals surface area contributed by atoms with E-state index in [0.29, 0.717) is 0 Å². The van der Waals surface area contributed by atoms with Crippen molar-refractivity contribution in [3.63, 3.8) is 0 Å². The Hall–Kier alpha value is -1.51. The molecule has 3 rings (SSSR count). The minimum Gasteiger partial charge on any atom is -0.497 e. The number of fused-ring (bicyclic) bond motifs is 1. The van der Waals surface area contributed by atoms with Crippen molar-refractivity contribution in [1.29, 1.82) is 0 Å². The van der Waals surface area contributed by atoms with Crippen LogP contribution in [0.3, 0.4) is 0 Å². The summed E-state index contributed by atoms with van der Waals surface area (Å²) in [5, 5.41) is 3.69. The summed E-state index contributed by atoms with van der Waals surface area (Å²) in [5.74, 6) is 1.04. The molecular weight excluding hydrogens is 368 g/mol. The van der Waals surface area contributed by atoms with Crippen molar-refractivity contribution in [1.82, 2.24) is 0 Å². The van der Waals surface area contributed by atoms with Gasteiger partial charge in [0.2, 0.25) is 0 Å². The third-order valence-corrected chi connectivity index (χ3v) is 11.6. The molecule has 1 aliphatic rings. The van der Waals surface area contributed by atoms with Crippen LogP contribution in [0.2, 0.25) is 17.1 Å². The second kappa shape index (κ2) is 7.48. The average molecular weight is 399 g/mol. The Kier molecular flexibility index (Phi) is 5.61. The highest BCUT2D eigenvalue weighted by molar-refractivity contribution is 7.03.